The molecule has 31 heavy (non-hydrogen) atoms. The number of primary amides is 1. The van der Waals surface area contributed by atoms with Crippen molar-refractivity contribution in [1.82, 2.24) is 10.6 Å². The van der Waals surface area contributed by atoms with Crippen LogP contribution in [0, 0.1) is 0 Å². The fourth-order valence-corrected chi connectivity index (χ4v) is 3.49. The lowest BCUT2D eigenvalue weighted by Gasteiger charge is -2.20. The number of nitrogens with zero attached hydrogens (tertiary/aromatic N) is 1. The molecular formula is C26H30N4O. The van der Waals surface area contributed by atoms with E-state index >= 15 is 0 Å². The summed E-state index contributed by atoms with van der Waals surface area (Å²) in [6, 6.07) is 28.4. The molecular weight excluding hydrogens is 384 g/mol. The molecule has 0 aliphatic rings. The van der Waals surface area contributed by atoms with E-state index in [1.165, 1.54) is 11.1 Å². The summed E-state index contributed by atoms with van der Waals surface area (Å²) < 4.78 is 0. The average molecular weight is 415 g/mol. The fourth-order valence-electron chi connectivity index (χ4n) is 3.49. The number of amides is 1. The summed E-state index contributed by atoms with van der Waals surface area (Å²) in [7, 11) is 0. The van der Waals surface area contributed by atoms with E-state index in [2.05, 4.69) is 59.2 Å². The van der Waals surface area contributed by atoms with E-state index in [1.54, 1.807) is 12.1 Å². The Hall–Kier alpha value is -3.60. The van der Waals surface area contributed by atoms with Crippen LogP contribution >= 0.6 is 0 Å². The molecule has 0 saturated heterocycles. The zero-order chi connectivity index (χ0) is 21.9. The van der Waals surface area contributed by atoms with Gasteiger partial charge in [-0.25, -0.2) is 4.99 Å². The predicted molar refractivity (Wildman–Crippen MR) is 127 cm³/mol. The van der Waals surface area contributed by atoms with E-state index in [4.69, 9.17) is 10.7 Å². The first-order valence-electron chi connectivity index (χ1n) is 10.7. The molecule has 3 aromatic carbocycles. The third-order valence-electron chi connectivity index (χ3n) is 5.09. The molecule has 0 heterocycles. The lowest BCUT2D eigenvalue weighted by molar-refractivity contribution is 0.1000. The van der Waals surface area contributed by atoms with Crippen LogP contribution in [0.15, 0.2) is 89.9 Å². The number of aliphatic imine (C=N–C) groups is 1. The summed E-state index contributed by atoms with van der Waals surface area (Å²) in [6.45, 7) is 4.03. The predicted octanol–water partition coefficient (Wildman–Crippen LogP) is 3.87. The molecule has 1 unspecified atom stereocenters. The minimum Gasteiger partial charge on any atom is -0.366 e. The summed E-state index contributed by atoms with van der Waals surface area (Å²) in [5.74, 6) is 0.633. The maximum Gasteiger partial charge on any atom is 0.248 e. The van der Waals surface area contributed by atoms with Gasteiger partial charge in [0.1, 0.15) is 0 Å². The Morgan fingerprint density at radius 2 is 1.58 bits per heavy atom. The minimum absolute atomic E-state index is 0.311. The zero-order valence-electron chi connectivity index (χ0n) is 17.9. The van der Waals surface area contributed by atoms with Gasteiger partial charge in [0.15, 0.2) is 5.96 Å². The van der Waals surface area contributed by atoms with Gasteiger partial charge in [-0.3, -0.25) is 4.79 Å². The number of rotatable bonds is 9. The zero-order valence-corrected chi connectivity index (χ0v) is 17.9. The number of hydrogen-bond acceptors (Lipinski definition) is 2. The fraction of sp³-hybridized carbons (Fsp3) is 0.231. The molecule has 0 aliphatic carbocycles. The largest absolute Gasteiger partial charge is 0.366 e. The number of carbonyl (C=O) groups excluding carboxylic acids is 1. The molecule has 0 bridgehead atoms. The molecule has 1 atom stereocenters. The Balaban J connectivity index is 1.71. The normalized spacial score (nSPS) is 12.2. The van der Waals surface area contributed by atoms with Gasteiger partial charge in [-0.1, -0.05) is 72.8 Å². The van der Waals surface area contributed by atoms with Gasteiger partial charge < -0.3 is 16.4 Å². The van der Waals surface area contributed by atoms with Gasteiger partial charge in [0.05, 0.1) is 6.54 Å². The Kier molecular flexibility index (Phi) is 8.23. The molecule has 3 aromatic rings. The highest BCUT2D eigenvalue weighted by Crippen LogP contribution is 2.20. The van der Waals surface area contributed by atoms with E-state index in [0.717, 1.165) is 31.0 Å². The number of benzene rings is 3. The topological polar surface area (TPSA) is 79.5 Å². The Morgan fingerprint density at radius 1 is 0.903 bits per heavy atom. The van der Waals surface area contributed by atoms with Crippen molar-refractivity contribution in [3.05, 3.63) is 107 Å². The summed E-state index contributed by atoms with van der Waals surface area (Å²) in [4.78, 5) is 16.1. The standard InChI is InChI=1S/C26H30N4O/c1-2-28-26(29-18-21-12-9-15-23(17-21)25(27)31)30-19-24(22-13-7-4-8-14-22)16-20-10-5-3-6-11-20/h3-15,17,24H,2,16,18-19H2,1H3,(H2,27,31)(H2,28,29,30). The van der Waals surface area contributed by atoms with Gasteiger partial charge >= 0.3 is 0 Å². The van der Waals surface area contributed by atoms with Gasteiger partial charge in [-0.15, -0.1) is 0 Å². The summed E-state index contributed by atoms with van der Waals surface area (Å²) in [5, 5.41) is 6.80. The highest BCUT2D eigenvalue weighted by atomic mass is 16.1. The number of nitrogens with two attached hydrogens (primary N) is 1. The van der Waals surface area contributed by atoms with Gasteiger partial charge in [0, 0.05) is 24.6 Å². The first-order valence-corrected chi connectivity index (χ1v) is 10.7. The van der Waals surface area contributed by atoms with Crippen LogP contribution in [0.2, 0.25) is 0 Å². The molecule has 0 fully saturated rings. The monoisotopic (exact) mass is 414 g/mol. The van der Waals surface area contributed by atoms with Crippen LogP contribution in [-0.2, 0) is 13.0 Å². The lowest BCUT2D eigenvalue weighted by Crippen LogP contribution is -2.39. The maximum absolute atomic E-state index is 11.4. The second kappa shape index (κ2) is 11.6. The number of nitrogens with one attached hydrogen (secondary N) is 2. The third kappa shape index (κ3) is 7.00. The first kappa shape index (κ1) is 22.1. The van der Waals surface area contributed by atoms with Crippen molar-refractivity contribution in [3.63, 3.8) is 0 Å². The molecule has 0 spiro atoms. The number of hydrogen-bond donors (Lipinski definition) is 3. The molecule has 5 heteroatoms. The molecule has 5 nitrogen and oxygen atoms in total. The van der Waals surface area contributed by atoms with Crippen molar-refractivity contribution in [2.45, 2.75) is 25.8 Å². The van der Waals surface area contributed by atoms with E-state index in [0.29, 0.717) is 18.0 Å². The molecule has 3 rings (SSSR count). The summed E-state index contributed by atoms with van der Waals surface area (Å²) in [5.41, 5.74) is 9.43. The molecule has 4 N–H and O–H groups in total. The van der Waals surface area contributed by atoms with Crippen LogP contribution in [0.5, 0.6) is 0 Å². The maximum atomic E-state index is 11.4. The van der Waals surface area contributed by atoms with Crippen molar-refractivity contribution in [2.75, 3.05) is 13.1 Å². The second-order valence-electron chi connectivity index (χ2n) is 7.44. The van der Waals surface area contributed by atoms with E-state index < -0.39 is 5.91 Å². The molecule has 0 saturated carbocycles. The van der Waals surface area contributed by atoms with Crippen LogP contribution in [0.3, 0.4) is 0 Å². The van der Waals surface area contributed by atoms with Gasteiger partial charge in [0.25, 0.3) is 0 Å². The molecule has 0 aromatic heterocycles. The van der Waals surface area contributed by atoms with Crippen molar-refractivity contribution < 1.29 is 4.79 Å². The lowest BCUT2D eigenvalue weighted by atomic mass is 9.92. The first-order chi connectivity index (χ1) is 15.2. The van der Waals surface area contributed by atoms with Crippen LogP contribution < -0.4 is 16.4 Å². The SMILES string of the molecule is CCNC(=NCc1cccc(C(N)=O)c1)NCC(Cc1ccccc1)c1ccccc1. The van der Waals surface area contributed by atoms with E-state index in [9.17, 15) is 4.79 Å². The van der Waals surface area contributed by atoms with Crippen LogP contribution in [0.25, 0.3) is 0 Å². The quantitative estimate of drug-likeness (QED) is 0.367. The van der Waals surface area contributed by atoms with Crippen molar-refractivity contribution in [1.29, 1.82) is 0 Å². The van der Waals surface area contributed by atoms with Crippen LogP contribution in [0.4, 0.5) is 0 Å². The highest BCUT2D eigenvalue weighted by Gasteiger charge is 2.13. The smallest absolute Gasteiger partial charge is 0.248 e. The van der Waals surface area contributed by atoms with Gasteiger partial charge in [-0.05, 0) is 42.2 Å². The average Bonchev–Trinajstić information content (AvgIpc) is 2.81. The van der Waals surface area contributed by atoms with Crippen LogP contribution in [0.1, 0.15) is 39.9 Å². The summed E-state index contributed by atoms with van der Waals surface area (Å²) in [6.07, 6.45) is 0.942. The number of carbonyl (C=O) groups is 1. The number of guanidine groups is 1. The minimum atomic E-state index is -0.428. The Morgan fingerprint density at radius 3 is 2.26 bits per heavy atom. The Labute approximate surface area is 184 Å². The van der Waals surface area contributed by atoms with Crippen molar-refractivity contribution in [3.8, 4) is 0 Å². The highest BCUT2D eigenvalue weighted by molar-refractivity contribution is 5.92. The Bertz CT molecular complexity index is 987. The second-order valence-corrected chi connectivity index (χ2v) is 7.44. The van der Waals surface area contributed by atoms with Crippen LogP contribution in [-0.4, -0.2) is 25.0 Å². The summed E-state index contributed by atoms with van der Waals surface area (Å²) >= 11 is 0. The van der Waals surface area contributed by atoms with E-state index in [-0.39, 0.29) is 0 Å². The van der Waals surface area contributed by atoms with E-state index in [1.807, 2.05) is 31.2 Å². The molecule has 0 aliphatic heterocycles. The van der Waals surface area contributed by atoms with Crippen molar-refractivity contribution in [2.24, 2.45) is 10.7 Å². The van der Waals surface area contributed by atoms with Crippen molar-refractivity contribution >= 4 is 11.9 Å². The molecule has 0 radical (unpaired) electrons. The van der Waals surface area contributed by atoms with Gasteiger partial charge in [-0.2, -0.15) is 0 Å². The molecule has 160 valence electrons. The van der Waals surface area contributed by atoms with Gasteiger partial charge in [0.2, 0.25) is 5.91 Å². The third-order valence-corrected chi connectivity index (χ3v) is 5.09. The molecule has 1 amide bonds.